The van der Waals surface area contributed by atoms with Gasteiger partial charge in [-0.25, -0.2) is 9.97 Å². The second-order valence-corrected chi connectivity index (χ2v) is 6.41. The van der Waals surface area contributed by atoms with E-state index in [9.17, 15) is 0 Å². The molecule has 0 atom stereocenters. The molecule has 0 saturated heterocycles. The smallest absolute Gasteiger partial charge is 0.162 e. The lowest BCUT2D eigenvalue weighted by Gasteiger charge is -2.41. The summed E-state index contributed by atoms with van der Waals surface area (Å²) >= 11 is 6.04. The minimum atomic E-state index is -0.356. The molecule has 1 aromatic rings. The van der Waals surface area contributed by atoms with Gasteiger partial charge in [-0.2, -0.15) is 0 Å². The molecule has 0 bridgehead atoms. The van der Waals surface area contributed by atoms with Crippen LogP contribution in [-0.2, 0) is 10.3 Å². The number of aromatic nitrogens is 2. The van der Waals surface area contributed by atoms with Crippen LogP contribution in [0.15, 0.2) is 6.07 Å². The number of methoxy groups -OCH3 is 1. The first-order valence-corrected chi connectivity index (χ1v) is 6.82. The van der Waals surface area contributed by atoms with Crippen LogP contribution in [0.25, 0.3) is 0 Å². The lowest BCUT2D eigenvalue weighted by atomic mass is 9.70. The highest BCUT2D eigenvalue weighted by atomic mass is 35.5. The van der Waals surface area contributed by atoms with Gasteiger partial charge in [-0.15, -0.1) is 0 Å². The lowest BCUT2D eigenvalue weighted by Crippen LogP contribution is -2.38. The Bertz CT molecular complexity index is 415. The largest absolute Gasteiger partial charge is 0.370 e. The predicted molar refractivity (Wildman–Crippen MR) is 72.7 cm³/mol. The van der Waals surface area contributed by atoms with E-state index in [2.05, 4.69) is 23.8 Å². The maximum Gasteiger partial charge on any atom is 0.162 e. The van der Waals surface area contributed by atoms with Crippen LogP contribution in [0.4, 0.5) is 0 Å². The minimum absolute atomic E-state index is 0.356. The van der Waals surface area contributed by atoms with E-state index in [-0.39, 0.29) is 5.60 Å². The van der Waals surface area contributed by atoms with Gasteiger partial charge in [0.1, 0.15) is 10.8 Å². The van der Waals surface area contributed by atoms with Crippen molar-refractivity contribution in [3.63, 3.8) is 0 Å². The standard InChI is InChI=1S/C14H21ClN2O/c1-10-9-11(15)17-12(16-10)14(18-4)7-5-13(2,3)6-8-14/h9H,5-8H2,1-4H3. The topological polar surface area (TPSA) is 35.0 Å². The molecule has 2 rings (SSSR count). The molecule has 1 fully saturated rings. The van der Waals surface area contributed by atoms with Crippen molar-refractivity contribution in [2.45, 2.75) is 52.1 Å². The number of ether oxygens (including phenoxy) is 1. The van der Waals surface area contributed by atoms with Crippen LogP contribution in [0, 0.1) is 12.3 Å². The van der Waals surface area contributed by atoms with Crippen molar-refractivity contribution >= 4 is 11.6 Å². The highest BCUT2D eigenvalue weighted by Crippen LogP contribution is 2.46. The lowest BCUT2D eigenvalue weighted by molar-refractivity contribution is -0.0730. The first-order valence-electron chi connectivity index (χ1n) is 6.44. The zero-order valence-corrected chi connectivity index (χ0v) is 12.3. The molecular formula is C14H21ClN2O. The molecule has 1 heterocycles. The van der Waals surface area contributed by atoms with Gasteiger partial charge < -0.3 is 4.74 Å². The van der Waals surface area contributed by atoms with E-state index < -0.39 is 0 Å². The fourth-order valence-corrected chi connectivity index (χ4v) is 2.82. The molecule has 18 heavy (non-hydrogen) atoms. The molecule has 0 radical (unpaired) electrons. The summed E-state index contributed by atoms with van der Waals surface area (Å²) in [4.78, 5) is 8.91. The molecule has 1 aliphatic carbocycles. The van der Waals surface area contributed by atoms with Crippen molar-refractivity contribution < 1.29 is 4.74 Å². The molecule has 0 aromatic carbocycles. The summed E-state index contributed by atoms with van der Waals surface area (Å²) in [6.45, 7) is 6.54. The van der Waals surface area contributed by atoms with Gasteiger partial charge in [0.05, 0.1) is 0 Å². The van der Waals surface area contributed by atoms with Crippen LogP contribution in [0.3, 0.4) is 0 Å². The summed E-state index contributed by atoms with van der Waals surface area (Å²) in [5.41, 5.74) is 0.923. The molecule has 1 aromatic heterocycles. The van der Waals surface area contributed by atoms with Gasteiger partial charge in [-0.05, 0) is 44.1 Å². The van der Waals surface area contributed by atoms with Gasteiger partial charge in [0.15, 0.2) is 5.82 Å². The molecule has 100 valence electrons. The fraction of sp³-hybridized carbons (Fsp3) is 0.714. The van der Waals surface area contributed by atoms with Crippen LogP contribution in [0.2, 0.25) is 5.15 Å². The van der Waals surface area contributed by atoms with Crippen LogP contribution >= 0.6 is 11.6 Å². The van der Waals surface area contributed by atoms with Crippen molar-refractivity contribution in [2.75, 3.05) is 7.11 Å². The van der Waals surface area contributed by atoms with Crippen molar-refractivity contribution in [2.24, 2.45) is 5.41 Å². The zero-order chi connectivity index (χ0) is 13.4. The van der Waals surface area contributed by atoms with Gasteiger partial charge in [0.25, 0.3) is 0 Å². The van der Waals surface area contributed by atoms with Gasteiger partial charge in [0, 0.05) is 12.8 Å². The Morgan fingerprint density at radius 2 is 1.78 bits per heavy atom. The number of nitrogens with zero attached hydrogens (tertiary/aromatic N) is 2. The SMILES string of the molecule is COC1(c2nc(C)cc(Cl)n2)CCC(C)(C)CC1. The second kappa shape index (κ2) is 4.78. The molecule has 1 aliphatic rings. The van der Waals surface area contributed by atoms with Crippen LogP contribution < -0.4 is 0 Å². The summed E-state index contributed by atoms with van der Waals surface area (Å²) < 4.78 is 5.78. The predicted octanol–water partition coefficient (Wildman–Crippen LogP) is 3.88. The quantitative estimate of drug-likeness (QED) is 0.764. The van der Waals surface area contributed by atoms with E-state index in [1.807, 2.05) is 6.92 Å². The van der Waals surface area contributed by atoms with Gasteiger partial charge >= 0.3 is 0 Å². The van der Waals surface area contributed by atoms with E-state index in [0.29, 0.717) is 10.6 Å². The Hall–Kier alpha value is -0.670. The summed E-state index contributed by atoms with van der Waals surface area (Å²) in [6, 6.07) is 1.78. The van der Waals surface area contributed by atoms with Gasteiger partial charge in [-0.3, -0.25) is 0 Å². The Balaban J connectivity index is 2.33. The molecule has 1 saturated carbocycles. The van der Waals surface area contributed by atoms with Crippen molar-refractivity contribution in [1.29, 1.82) is 0 Å². The summed E-state index contributed by atoms with van der Waals surface area (Å²) in [5.74, 6) is 0.741. The Kier molecular flexibility index (Phi) is 3.65. The molecule has 0 spiro atoms. The molecule has 0 amide bonds. The molecule has 0 unspecified atom stereocenters. The molecule has 3 nitrogen and oxygen atoms in total. The third-order valence-corrected chi connectivity index (χ3v) is 4.23. The summed E-state index contributed by atoms with van der Waals surface area (Å²) in [7, 11) is 1.75. The minimum Gasteiger partial charge on any atom is -0.370 e. The van der Waals surface area contributed by atoms with Gasteiger partial charge in [0.2, 0.25) is 0 Å². The fourth-order valence-electron chi connectivity index (χ4n) is 2.58. The first kappa shape index (κ1) is 13.8. The highest BCUT2D eigenvalue weighted by Gasteiger charge is 2.42. The normalized spacial score (nSPS) is 21.8. The zero-order valence-electron chi connectivity index (χ0n) is 11.6. The van der Waals surface area contributed by atoms with Crippen LogP contribution in [0.1, 0.15) is 51.0 Å². The van der Waals surface area contributed by atoms with E-state index in [1.165, 1.54) is 0 Å². The molecule has 0 N–H and O–H groups in total. The number of hydrogen-bond donors (Lipinski definition) is 0. The maximum atomic E-state index is 6.04. The number of halogens is 1. The Morgan fingerprint density at radius 3 is 2.28 bits per heavy atom. The monoisotopic (exact) mass is 268 g/mol. The summed E-state index contributed by atoms with van der Waals surface area (Å²) in [5, 5.41) is 0.499. The first-order chi connectivity index (χ1) is 8.37. The van der Waals surface area contributed by atoms with E-state index >= 15 is 0 Å². The number of aryl methyl sites for hydroxylation is 1. The number of rotatable bonds is 2. The summed E-state index contributed by atoms with van der Waals surface area (Å²) in [6.07, 6.45) is 4.15. The Morgan fingerprint density at radius 1 is 1.17 bits per heavy atom. The average Bonchev–Trinajstić information content (AvgIpc) is 2.28. The van der Waals surface area contributed by atoms with Crippen LogP contribution in [-0.4, -0.2) is 17.1 Å². The highest BCUT2D eigenvalue weighted by molar-refractivity contribution is 6.29. The number of hydrogen-bond acceptors (Lipinski definition) is 3. The van der Waals surface area contributed by atoms with Gasteiger partial charge in [-0.1, -0.05) is 25.4 Å². The van der Waals surface area contributed by atoms with E-state index in [4.69, 9.17) is 16.3 Å². The van der Waals surface area contributed by atoms with E-state index in [0.717, 1.165) is 37.2 Å². The van der Waals surface area contributed by atoms with Crippen molar-refractivity contribution in [3.8, 4) is 0 Å². The Labute approximate surface area is 114 Å². The second-order valence-electron chi connectivity index (χ2n) is 6.02. The average molecular weight is 269 g/mol. The molecule has 4 heteroatoms. The third kappa shape index (κ3) is 2.67. The molecular weight excluding hydrogens is 248 g/mol. The van der Waals surface area contributed by atoms with Crippen molar-refractivity contribution in [1.82, 2.24) is 9.97 Å². The maximum absolute atomic E-state index is 6.04. The van der Waals surface area contributed by atoms with Crippen molar-refractivity contribution in [3.05, 3.63) is 22.7 Å². The van der Waals surface area contributed by atoms with E-state index in [1.54, 1.807) is 13.2 Å². The van der Waals surface area contributed by atoms with Crippen LogP contribution in [0.5, 0.6) is 0 Å². The third-order valence-electron chi connectivity index (χ3n) is 4.03. The molecule has 0 aliphatic heterocycles.